The predicted molar refractivity (Wildman–Crippen MR) is 72.3 cm³/mol. The number of nitrogen functional groups attached to an aromatic ring is 1. The zero-order valence-electron chi connectivity index (χ0n) is 10.0. The number of hydrogen-bond acceptors (Lipinski definition) is 6. The number of amides is 1. The number of carbonyl (C=O) groups excluding carboxylic acids is 2. The number of esters is 1. The maximum atomic E-state index is 11.9. The Morgan fingerprint density at radius 2 is 2.16 bits per heavy atom. The molecule has 0 aliphatic carbocycles. The van der Waals surface area contributed by atoms with Crippen LogP contribution in [0.2, 0.25) is 0 Å². The fourth-order valence-electron chi connectivity index (χ4n) is 1.38. The van der Waals surface area contributed by atoms with Crippen LogP contribution in [0.4, 0.5) is 11.4 Å². The molecule has 6 nitrogen and oxygen atoms in total. The van der Waals surface area contributed by atoms with Crippen LogP contribution in [-0.2, 0) is 4.74 Å². The molecule has 2 aromatic heterocycles. The van der Waals surface area contributed by atoms with Gasteiger partial charge in [0.2, 0.25) is 0 Å². The van der Waals surface area contributed by atoms with Gasteiger partial charge < -0.3 is 15.8 Å². The summed E-state index contributed by atoms with van der Waals surface area (Å²) in [6.45, 7) is 0. The molecule has 7 heteroatoms. The average molecular weight is 277 g/mol. The molecule has 98 valence electrons. The molecule has 19 heavy (non-hydrogen) atoms. The maximum Gasteiger partial charge on any atom is 0.350 e. The number of carbonyl (C=O) groups is 2. The van der Waals surface area contributed by atoms with Crippen LogP contribution in [0.5, 0.6) is 0 Å². The van der Waals surface area contributed by atoms with E-state index in [9.17, 15) is 9.59 Å². The lowest BCUT2D eigenvalue weighted by molar-refractivity contribution is 0.0607. The van der Waals surface area contributed by atoms with Crippen molar-refractivity contribution in [3.63, 3.8) is 0 Å². The van der Waals surface area contributed by atoms with Gasteiger partial charge in [0.05, 0.1) is 24.7 Å². The quantitative estimate of drug-likeness (QED) is 0.834. The minimum absolute atomic E-state index is 0.219. The lowest BCUT2D eigenvalue weighted by Gasteiger charge is -2.05. The van der Waals surface area contributed by atoms with Crippen LogP contribution in [-0.4, -0.2) is 24.0 Å². The van der Waals surface area contributed by atoms with Crippen LogP contribution < -0.4 is 11.1 Å². The molecule has 0 aliphatic rings. The monoisotopic (exact) mass is 277 g/mol. The summed E-state index contributed by atoms with van der Waals surface area (Å²) < 4.78 is 4.63. The van der Waals surface area contributed by atoms with E-state index < -0.39 is 11.9 Å². The number of methoxy groups -OCH3 is 1. The summed E-state index contributed by atoms with van der Waals surface area (Å²) in [7, 11) is 1.29. The second kappa shape index (κ2) is 5.49. The molecule has 2 rings (SSSR count). The van der Waals surface area contributed by atoms with Crippen molar-refractivity contribution in [3.8, 4) is 0 Å². The summed E-state index contributed by atoms with van der Waals surface area (Å²) in [5, 5.41) is 4.30. The Labute approximate surface area is 113 Å². The highest BCUT2D eigenvalue weighted by atomic mass is 32.1. The second-order valence-corrected chi connectivity index (χ2v) is 4.50. The van der Waals surface area contributed by atoms with Gasteiger partial charge in [-0.15, -0.1) is 11.3 Å². The Hall–Kier alpha value is -2.41. The Morgan fingerprint density at radius 1 is 1.37 bits per heavy atom. The van der Waals surface area contributed by atoms with Crippen LogP contribution in [0.15, 0.2) is 29.8 Å². The molecule has 0 atom stereocenters. The van der Waals surface area contributed by atoms with Crippen LogP contribution in [0.1, 0.15) is 20.2 Å². The third-order valence-corrected chi connectivity index (χ3v) is 3.20. The van der Waals surface area contributed by atoms with Gasteiger partial charge in [-0.25, -0.2) is 9.78 Å². The molecule has 0 aliphatic heterocycles. The van der Waals surface area contributed by atoms with E-state index in [0.29, 0.717) is 16.3 Å². The first-order valence-corrected chi connectivity index (χ1v) is 6.18. The van der Waals surface area contributed by atoms with E-state index in [0.717, 1.165) is 0 Å². The molecular weight excluding hydrogens is 266 g/mol. The van der Waals surface area contributed by atoms with E-state index in [-0.39, 0.29) is 5.69 Å². The van der Waals surface area contributed by atoms with Crippen molar-refractivity contribution in [2.45, 2.75) is 0 Å². The van der Waals surface area contributed by atoms with E-state index in [1.807, 2.05) is 0 Å². The van der Waals surface area contributed by atoms with Gasteiger partial charge in [-0.05, 0) is 23.6 Å². The zero-order chi connectivity index (χ0) is 13.8. The molecule has 0 saturated carbocycles. The van der Waals surface area contributed by atoms with Gasteiger partial charge >= 0.3 is 5.97 Å². The topological polar surface area (TPSA) is 94.3 Å². The summed E-state index contributed by atoms with van der Waals surface area (Å²) in [4.78, 5) is 27.6. The lowest BCUT2D eigenvalue weighted by atomic mass is 10.3. The number of hydrogen-bond donors (Lipinski definition) is 2. The van der Waals surface area contributed by atoms with Crippen LogP contribution in [0.3, 0.4) is 0 Å². The van der Waals surface area contributed by atoms with Gasteiger partial charge in [-0.1, -0.05) is 0 Å². The first-order valence-electron chi connectivity index (χ1n) is 5.30. The minimum atomic E-state index is -0.490. The maximum absolute atomic E-state index is 11.9. The number of pyridine rings is 1. The first-order chi connectivity index (χ1) is 9.11. The Balaban J connectivity index is 2.17. The average Bonchev–Trinajstić information content (AvgIpc) is 2.86. The van der Waals surface area contributed by atoms with E-state index in [1.54, 1.807) is 17.5 Å². The predicted octanol–water partition coefficient (Wildman–Crippen LogP) is 1.76. The standard InChI is InChI=1S/C12H11N3O3S/c1-18-12(17)10-8(4-5-19-10)15-11(16)9-3-2-7(13)6-14-9/h2-6H,13H2,1H3,(H,15,16). The van der Waals surface area contributed by atoms with Crippen LogP contribution in [0.25, 0.3) is 0 Å². The fourth-order valence-corrected chi connectivity index (χ4v) is 2.15. The van der Waals surface area contributed by atoms with Crippen molar-refractivity contribution >= 4 is 34.6 Å². The summed E-state index contributed by atoms with van der Waals surface area (Å²) in [5.74, 6) is -0.904. The zero-order valence-corrected chi connectivity index (χ0v) is 10.9. The van der Waals surface area contributed by atoms with Crippen molar-refractivity contribution in [3.05, 3.63) is 40.3 Å². The number of aromatic nitrogens is 1. The molecule has 2 aromatic rings. The Bertz CT molecular complexity index is 607. The highest BCUT2D eigenvalue weighted by molar-refractivity contribution is 7.12. The van der Waals surface area contributed by atoms with Gasteiger partial charge in [-0.3, -0.25) is 4.79 Å². The summed E-state index contributed by atoms with van der Waals surface area (Å²) in [6, 6.07) is 4.72. The largest absolute Gasteiger partial charge is 0.465 e. The van der Waals surface area contributed by atoms with Crippen LogP contribution >= 0.6 is 11.3 Å². The van der Waals surface area contributed by atoms with Crippen molar-refractivity contribution in [1.29, 1.82) is 0 Å². The normalized spacial score (nSPS) is 9.95. The van der Waals surface area contributed by atoms with Crippen molar-refractivity contribution in [2.24, 2.45) is 0 Å². The van der Waals surface area contributed by atoms with E-state index in [1.165, 1.54) is 30.7 Å². The van der Waals surface area contributed by atoms with Gasteiger partial charge in [0.15, 0.2) is 0 Å². The van der Waals surface area contributed by atoms with Crippen molar-refractivity contribution in [1.82, 2.24) is 4.98 Å². The molecule has 3 N–H and O–H groups in total. The van der Waals surface area contributed by atoms with Gasteiger partial charge in [0.25, 0.3) is 5.91 Å². The molecule has 1 amide bonds. The van der Waals surface area contributed by atoms with E-state index in [4.69, 9.17) is 5.73 Å². The minimum Gasteiger partial charge on any atom is -0.465 e. The van der Waals surface area contributed by atoms with Crippen molar-refractivity contribution in [2.75, 3.05) is 18.2 Å². The number of thiophene rings is 1. The van der Waals surface area contributed by atoms with Gasteiger partial charge in [0.1, 0.15) is 10.6 Å². The number of nitrogens with two attached hydrogens (primary N) is 1. The lowest BCUT2D eigenvalue weighted by Crippen LogP contribution is -2.15. The Morgan fingerprint density at radius 3 is 2.79 bits per heavy atom. The molecule has 0 aromatic carbocycles. The van der Waals surface area contributed by atoms with Gasteiger partial charge in [0, 0.05) is 0 Å². The van der Waals surface area contributed by atoms with E-state index >= 15 is 0 Å². The van der Waals surface area contributed by atoms with Gasteiger partial charge in [-0.2, -0.15) is 0 Å². The summed E-state index contributed by atoms with van der Waals surface area (Å²) in [5.41, 5.74) is 6.59. The molecular formula is C12H11N3O3S. The fraction of sp³-hybridized carbons (Fsp3) is 0.0833. The molecule has 0 fully saturated rings. The summed E-state index contributed by atoms with van der Waals surface area (Å²) >= 11 is 1.19. The highest BCUT2D eigenvalue weighted by Gasteiger charge is 2.16. The van der Waals surface area contributed by atoms with Crippen LogP contribution in [0, 0.1) is 0 Å². The second-order valence-electron chi connectivity index (χ2n) is 3.59. The SMILES string of the molecule is COC(=O)c1sccc1NC(=O)c1ccc(N)cn1. The number of nitrogens with zero attached hydrogens (tertiary/aromatic N) is 1. The highest BCUT2D eigenvalue weighted by Crippen LogP contribution is 2.23. The molecule has 0 unspecified atom stereocenters. The smallest absolute Gasteiger partial charge is 0.350 e. The third kappa shape index (κ3) is 2.89. The number of rotatable bonds is 3. The molecule has 0 radical (unpaired) electrons. The number of ether oxygens (including phenoxy) is 1. The van der Waals surface area contributed by atoms with E-state index in [2.05, 4.69) is 15.0 Å². The number of anilines is 2. The molecule has 0 bridgehead atoms. The molecule has 0 saturated heterocycles. The van der Waals surface area contributed by atoms with Crippen molar-refractivity contribution < 1.29 is 14.3 Å². The third-order valence-electron chi connectivity index (χ3n) is 2.30. The molecule has 0 spiro atoms. The Kier molecular flexibility index (Phi) is 3.76. The number of nitrogens with one attached hydrogen (secondary N) is 1. The molecule has 2 heterocycles. The summed E-state index contributed by atoms with van der Waals surface area (Å²) in [6.07, 6.45) is 1.39. The first kappa shape index (κ1) is 13.0.